The second-order valence-corrected chi connectivity index (χ2v) is 3.25. The smallest absolute Gasteiger partial charge is 0.197 e. The monoisotopic (exact) mass is 208 g/mol. The summed E-state index contributed by atoms with van der Waals surface area (Å²) in [5, 5.41) is 0. The van der Waals surface area contributed by atoms with Gasteiger partial charge in [-0.3, -0.25) is 4.79 Å². The van der Waals surface area contributed by atoms with Gasteiger partial charge in [0.2, 0.25) is 0 Å². The molecule has 0 bridgehead atoms. The number of Topliss-reactive ketones (excluding diaryl/α,β-unsaturated/α-hetero) is 1. The van der Waals surface area contributed by atoms with Crippen molar-refractivity contribution in [1.29, 1.82) is 0 Å². The molecule has 1 aromatic carbocycles. The molecule has 0 amide bonds. The third-order valence-corrected chi connectivity index (χ3v) is 2.30. The van der Waals surface area contributed by atoms with E-state index in [0.717, 1.165) is 0 Å². The van der Waals surface area contributed by atoms with Crippen LogP contribution < -0.4 is 9.47 Å². The first-order valence-electron chi connectivity index (χ1n) is 4.64. The van der Waals surface area contributed by atoms with E-state index in [1.54, 1.807) is 25.3 Å². The Morgan fingerprint density at radius 2 is 2.13 bits per heavy atom. The third kappa shape index (κ3) is 1.94. The van der Waals surface area contributed by atoms with Crippen molar-refractivity contribution in [1.82, 2.24) is 0 Å². The first kappa shape index (κ1) is 9.98. The molecule has 4 heteroatoms. The number of carbonyl (C=O) groups is 1. The van der Waals surface area contributed by atoms with Crippen molar-refractivity contribution >= 4 is 5.78 Å². The molecule has 1 aliphatic heterocycles. The van der Waals surface area contributed by atoms with Gasteiger partial charge in [0.1, 0.15) is 17.6 Å². The molecular formula is C11H12O4. The van der Waals surface area contributed by atoms with Crippen molar-refractivity contribution in [2.45, 2.75) is 6.10 Å². The minimum atomic E-state index is -0.300. The van der Waals surface area contributed by atoms with E-state index >= 15 is 0 Å². The summed E-state index contributed by atoms with van der Waals surface area (Å²) < 4.78 is 15.1. The van der Waals surface area contributed by atoms with E-state index in [0.29, 0.717) is 23.7 Å². The van der Waals surface area contributed by atoms with E-state index < -0.39 is 0 Å². The molecule has 0 saturated carbocycles. The molecule has 0 N–H and O–H groups in total. The summed E-state index contributed by atoms with van der Waals surface area (Å²) in [6.45, 7) is 0.499. The lowest BCUT2D eigenvalue weighted by atomic mass is 10.1. The maximum absolute atomic E-state index is 11.8. The Bertz CT molecular complexity index is 382. The molecule has 1 aromatic rings. The molecule has 1 heterocycles. The van der Waals surface area contributed by atoms with E-state index in [1.165, 1.54) is 7.11 Å². The molecule has 1 saturated heterocycles. The minimum Gasteiger partial charge on any atom is -0.497 e. The summed E-state index contributed by atoms with van der Waals surface area (Å²) in [6, 6.07) is 5.14. The second kappa shape index (κ2) is 3.90. The highest BCUT2D eigenvalue weighted by Crippen LogP contribution is 2.28. The van der Waals surface area contributed by atoms with Gasteiger partial charge in [-0.1, -0.05) is 0 Å². The van der Waals surface area contributed by atoms with Gasteiger partial charge in [0.25, 0.3) is 0 Å². The average molecular weight is 208 g/mol. The topological polar surface area (TPSA) is 48.1 Å². The molecule has 1 aliphatic rings. The quantitative estimate of drug-likeness (QED) is 0.552. The number of hydrogen-bond acceptors (Lipinski definition) is 4. The zero-order valence-electron chi connectivity index (χ0n) is 8.65. The van der Waals surface area contributed by atoms with Crippen LogP contribution in [0.25, 0.3) is 0 Å². The van der Waals surface area contributed by atoms with Crippen LogP contribution in [0.5, 0.6) is 11.5 Å². The van der Waals surface area contributed by atoms with Gasteiger partial charge in [0, 0.05) is 0 Å². The Morgan fingerprint density at radius 1 is 1.40 bits per heavy atom. The van der Waals surface area contributed by atoms with Crippen molar-refractivity contribution in [2.24, 2.45) is 0 Å². The van der Waals surface area contributed by atoms with Gasteiger partial charge >= 0.3 is 0 Å². The Hall–Kier alpha value is -1.55. The number of epoxide rings is 1. The second-order valence-electron chi connectivity index (χ2n) is 3.25. The van der Waals surface area contributed by atoms with Crippen LogP contribution in [0.1, 0.15) is 10.4 Å². The molecule has 80 valence electrons. The van der Waals surface area contributed by atoms with Gasteiger partial charge in [-0.2, -0.15) is 0 Å². The van der Waals surface area contributed by atoms with Crippen molar-refractivity contribution < 1.29 is 19.0 Å². The average Bonchev–Trinajstić information content (AvgIpc) is 3.11. The predicted molar refractivity (Wildman–Crippen MR) is 53.6 cm³/mol. The van der Waals surface area contributed by atoms with Crippen molar-refractivity contribution in [3.8, 4) is 11.5 Å². The molecule has 0 spiro atoms. The summed E-state index contributed by atoms with van der Waals surface area (Å²) in [4.78, 5) is 11.8. The van der Waals surface area contributed by atoms with Gasteiger partial charge in [-0.05, 0) is 18.2 Å². The van der Waals surface area contributed by atoms with Gasteiger partial charge in [-0.15, -0.1) is 0 Å². The van der Waals surface area contributed by atoms with Crippen LogP contribution in [0, 0.1) is 0 Å². The molecule has 1 fully saturated rings. The van der Waals surface area contributed by atoms with Crippen LogP contribution in [-0.4, -0.2) is 32.7 Å². The van der Waals surface area contributed by atoms with Crippen LogP contribution >= 0.6 is 0 Å². The molecule has 1 unspecified atom stereocenters. The van der Waals surface area contributed by atoms with Gasteiger partial charge < -0.3 is 14.2 Å². The van der Waals surface area contributed by atoms with E-state index in [2.05, 4.69) is 0 Å². The SMILES string of the molecule is COc1ccc(OC)c(C(=O)C2CO2)c1. The Labute approximate surface area is 87.8 Å². The highest BCUT2D eigenvalue weighted by Gasteiger charge is 2.33. The van der Waals surface area contributed by atoms with E-state index in [1.807, 2.05) is 0 Å². The maximum atomic E-state index is 11.8. The van der Waals surface area contributed by atoms with Gasteiger partial charge in [0.05, 0.1) is 26.4 Å². The largest absolute Gasteiger partial charge is 0.497 e. The molecular weight excluding hydrogens is 196 g/mol. The fraction of sp³-hybridized carbons (Fsp3) is 0.364. The Morgan fingerprint density at radius 3 is 2.67 bits per heavy atom. The van der Waals surface area contributed by atoms with Crippen molar-refractivity contribution in [3.05, 3.63) is 23.8 Å². The summed E-state index contributed by atoms with van der Waals surface area (Å²) in [7, 11) is 3.09. The highest BCUT2D eigenvalue weighted by atomic mass is 16.6. The molecule has 4 nitrogen and oxygen atoms in total. The zero-order chi connectivity index (χ0) is 10.8. The van der Waals surface area contributed by atoms with Crippen LogP contribution in [0.2, 0.25) is 0 Å². The van der Waals surface area contributed by atoms with Crippen LogP contribution in [-0.2, 0) is 4.74 Å². The molecule has 0 aliphatic carbocycles. The number of ether oxygens (including phenoxy) is 3. The standard InChI is InChI=1S/C11H12O4/c1-13-7-3-4-9(14-2)8(5-7)11(12)10-6-15-10/h3-5,10H,6H2,1-2H3. The van der Waals surface area contributed by atoms with E-state index in [9.17, 15) is 4.79 Å². The number of rotatable bonds is 4. The molecule has 1 atom stereocenters. The lowest BCUT2D eigenvalue weighted by Crippen LogP contribution is -2.09. The molecule has 0 aromatic heterocycles. The molecule has 15 heavy (non-hydrogen) atoms. The van der Waals surface area contributed by atoms with E-state index in [-0.39, 0.29) is 11.9 Å². The Kier molecular flexibility index (Phi) is 2.60. The first-order valence-corrected chi connectivity index (χ1v) is 4.64. The lowest BCUT2D eigenvalue weighted by Gasteiger charge is -2.08. The summed E-state index contributed by atoms with van der Waals surface area (Å²) in [5.74, 6) is 1.14. The van der Waals surface area contributed by atoms with Gasteiger partial charge in [0.15, 0.2) is 5.78 Å². The zero-order valence-corrected chi connectivity index (χ0v) is 8.65. The number of benzene rings is 1. The normalized spacial score (nSPS) is 18.4. The minimum absolute atomic E-state index is 0.0502. The number of ketones is 1. The van der Waals surface area contributed by atoms with Crippen LogP contribution in [0.15, 0.2) is 18.2 Å². The fourth-order valence-corrected chi connectivity index (χ4v) is 1.38. The summed E-state index contributed by atoms with van der Waals surface area (Å²) in [6.07, 6.45) is -0.300. The van der Waals surface area contributed by atoms with Crippen LogP contribution in [0.4, 0.5) is 0 Å². The Balaban J connectivity index is 2.36. The fourth-order valence-electron chi connectivity index (χ4n) is 1.38. The van der Waals surface area contributed by atoms with Crippen molar-refractivity contribution in [3.63, 3.8) is 0 Å². The van der Waals surface area contributed by atoms with Crippen molar-refractivity contribution in [2.75, 3.05) is 20.8 Å². The predicted octanol–water partition coefficient (Wildman–Crippen LogP) is 1.29. The molecule has 2 rings (SSSR count). The van der Waals surface area contributed by atoms with E-state index in [4.69, 9.17) is 14.2 Å². The van der Waals surface area contributed by atoms with Crippen LogP contribution in [0.3, 0.4) is 0 Å². The number of methoxy groups -OCH3 is 2. The lowest BCUT2D eigenvalue weighted by molar-refractivity contribution is 0.0950. The summed E-state index contributed by atoms with van der Waals surface area (Å²) >= 11 is 0. The highest BCUT2D eigenvalue weighted by molar-refractivity contribution is 6.03. The maximum Gasteiger partial charge on any atom is 0.197 e. The third-order valence-electron chi connectivity index (χ3n) is 2.30. The number of hydrogen-bond donors (Lipinski definition) is 0. The summed E-state index contributed by atoms with van der Waals surface area (Å²) in [5.41, 5.74) is 0.513. The van der Waals surface area contributed by atoms with Gasteiger partial charge in [-0.25, -0.2) is 0 Å². The first-order chi connectivity index (χ1) is 7.26. The molecule has 0 radical (unpaired) electrons. The number of carbonyl (C=O) groups excluding carboxylic acids is 1.